The summed E-state index contributed by atoms with van der Waals surface area (Å²) in [6, 6.07) is 5.27. The Morgan fingerprint density at radius 2 is 1.95 bits per heavy atom. The van der Waals surface area contributed by atoms with Crippen molar-refractivity contribution in [2.45, 2.75) is 31.6 Å². The van der Waals surface area contributed by atoms with Crippen LogP contribution in [0.15, 0.2) is 18.2 Å². The number of primary amides is 1. The highest BCUT2D eigenvalue weighted by atomic mass is 16.4. The predicted molar refractivity (Wildman–Crippen MR) is 76.9 cm³/mol. The number of para-hydroxylation sites is 1. The van der Waals surface area contributed by atoms with Crippen LogP contribution in [-0.4, -0.2) is 27.0 Å². The fourth-order valence-corrected chi connectivity index (χ4v) is 3.06. The maximum Gasteiger partial charge on any atom is 0.306 e. The number of fused-ring (bicyclic) bond motifs is 1. The number of benzene rings is 1. The summed E-state index contributed by atoms with van der Waals surface area (Å²) in [5.74, 6) is -0.400. The molecular formula is C15H17N3O3. The minimum Gasteiger partial charge on any atom is -0.481 e. The van der Waals surface area contributed by atoms with Crippen molar-refractivity contribution in [3.63, 3.8) is 0 Å². The van der Waals surface area contributed by atoms with Gasteiger partial charge in [-0.05, 0) is 37.8 Å². The van der Waals surface area contributed by atoms with E-state index >= 15 is 0 Å². The van der Waals surface area contributed by atoms with Gasteiger partial charge in [0, 0.05) is 5.92 Å². The maximum atomic E-state index is 11.4. The minimum atomic E-state index is -0.714. The molecule has 1 aromatic carbocycles. The highest BCUT2D eigenvalue weighted by molar-refractivity contribution is 6.04. The fourth-order valence-electron chi connectivity index (χ4n) is 3.06. The molecule has 6 nitrogen and oxygen atoms in total. The normalized spacial score (nSPS) is 22.3. The first kappa shape index (κ1) is 13.6. The number of nitrogens with two attached hydrogens (primary N) is 1. The second-order valence-electron chi connectivity index (χ2n) is 5.57. The van der Waals surface area contributed by atoms with Crippen molar-refractivity contribution in [2.75, 3.05) is 0 Å². The van der Waals surface area contributed by atoms with Crippen molar-refractivity contribution in [2.24, 2.45) is 11.7 Å². The van der Waals surface area contributed by atoms with E-state index in [-0.39, 0.29) is 11.8 Å². The third kappa shape index (κ3) is 2.49. The lowest BCUT2D eigenvalue weighted by molar-refractivity contribution is -0.142. The Labute approximate surface area is 121 Å². The maximum absolute atomic E-state index is 11.4. The summed E-state index contributed by atoms with van der Waals surface area (Å²) in [4.78, 5) is 30.1. The molecule has 2 aromatic rings. The van der Waals surface area contributed by atoms with E-state index in [0.29, 0.717) is 23.9 Å². The van der Waals surface area contributed by atoms with E-state index < -0.39 is 11.9 Å². The van der Waals surface area contributed by atoms with Crippen LogP contribution >= 0.6 is 0 Å². The average molecular weight is 287 g/mol. The molecule has 1 aliphatic rings. The Kier molecular flexibility index (Phi) is 3.37. The predicted octanol–water partition coefficient (Wildman–Crippen LogP) is 2.02. The summed E-state index contributed by atoms with van der Waals surface area (Å²) in [6.07, 6.45) is 2.92. The van der Waals surface area contributed by atoms with E-state index in [9.17, 15) is 9.59 Å². The number of nitrogens with one attached hydrogen (secondary N) is 1. The lowest BCUT2D eigenvalue weighted by Gasteiger charge is -2.24. The summed E-state index contributed by atoms with van der Waals surface area (Å²) in [7, 11) is 0. The molecule has 0 saturated heterocycles. The number of aliphatic carboxylic acids is 1. The topological polar surface area (TPSA) is 109 Å². The van der Waals surface area contributed by atoms with Gasteiger partial charge >= 0.3 is 5.97 Å². The van der Waals surface area contributed by atoms with Crippen LogP contribution in [0.5, 0.6) is 0 Å². The second-order valence-corrected chi connectivity index (χ2v) is 5.57. The summed E-state index contributed by atoms with van der Waals surface area (Å²) >= 11 is 0. The van der Waals surface area contributed by atoms with E-state index in [1.165, 1.54) is 0 Å². The number of carbonyl (C=O) groups excluding carboxylic acids is 1. The van der Waals surface area contributed by atoms with E-state index in [1.807, 2.05) is 6.07 Å². The molecule has 0 unspecified atom stereocenters. The number of hydrogen-bond acceptors (Lipinski definition) is 3. The van der Waals surface area contributed by atoms with Crippen LogP contribution in [0.25, 0.3) is 11.0 Å². The van der Waals surface area contributed by atoms with Crippen molar-refractivity contribution >= 4 is 22.9 Å². The second kappa shape index (κ2) is 5.20. The zero-order chi connectivity index (χ0) is 15.0. The van der Waals surface area contributed by atoms with Crippen molar-refractivity contribution in [1.82, 2.24) is 9.97 Å². The van der Waals surface area contributed by atoms with Gasteiger partial charge in [0.15, 0.2) is 0 Å². The molecule has 4 N–H and O–H groups in total. The zero-order valence-corrected chi connectivity index (χ0v) is 11.5. The molecule has 6 heteroatoms. The van der Waals surface area contributed by atoms with Crippen LogP contribution < -0.4 is 5.73 Å². The molecule has 0 bridgehead atoms. The summed E-state index contributed by atoms with van der Waals surface area (Å²) in [5.41, 5.74) is 7.19. The Balaban J connectivity index is 1.87. The molecule has 1 fully saturated rings. The lowest BCUT2D eigenvalue weighted by atomic mass is 9.82. The third-order valence-electron chi connectivity index (χ3n) is 4.27. The molecular weight excluding hydrogens is 270 g/mol. The highest BCUT2D eigenvalue weighted by Crippen LogP contribution is 2.35. The number of aromatic amines is 1. The third-order valence-corrected chi connectivity index (χ3v) is 4.27. The molecule has 1 amide bonds. The largest absolute Gasteiger partial charge is 0.481 e. The van der Waals surface area contributed by atoms with Crippen LogP contribution in [0.2, 0.25) is 0 Å². The van der Waals surface area contributed by atoms with Gasteiger partial charge in [-0.15, -0.1) is 0 Å². The Bertz CT molecular complexity index is 699. The molecule has 0 aliphatic heterocycles. The number of rotatable bonds is 3. The van der Waals surface area contributed by atoms with Gasteiger partial charge in [0.05, 0.1) is 22.5 Å². The van der Waals surface area contributed by atoms with Crippen molar-refractivity contribution < 1.29 is 14.7 Å². The number of hydrogen-bond donors (Lipinski definition) is 3. The number of carboxylic acid groups (broad SMARTS) is 1. The lowest BCUT2D eigenvalue weighted by Crippen LogP contribution is -2.21. The number of carboxylic acids is 1. The highest BCUT2D eigenvalue weighted by Gasteiger charge is 2.28. The van der Waals surface area contributed by atoms with Gasteiger partial charge in [0.1, 0.15) is 5.82 Å². The van der Waals surface area contributed by atoms with Gasteiger partial charge in [0.2, 0.25) is 0 Å². The van der Waals surface area contributed by atoms with E-state index in [1.54, 1.807) is 12.1 Å². The number of H-pyrrole nitrogens is 1. The Hall–Kier alpha value is -2.37. The standard InChI is InChI=1S/C15H17N3O3/c16-13(19)10-2-1-3-11-12(10)18-14(17-11)8-4-6-9(7-5-8)15(20)21/h1-3,8-9H,4-7H2,(H2,16,19)(H,17,18)(H,20,21)/t8-,9+. The van der Waals surface area contributed by atoms with Crippen molar-refractivity contribution in [3.8, 4) is 0 Å². The number of aromatic nitrogens is 2. The van der Waals surface area contributed by atoms with E-state index in [0.717, 1.165) is 24.2 Å². The van der Waals surface area contributed by atoms with E-state index in [2.05, 4.69) is 9.97 Å². The van der Waals surface area contributed by atoms with Gasteiger partial charge in [-0.25, -0.2) is 4.98 Å². The van der Waals surface area contributed by atoms with Gasteiger partial charge in [0.25, 0.3) is 5.91 Å². The van der Waals surface area contributed by atoms with Crippen molar-refractivity contribution in [1.29, 1.82) is 0 Å². The Morgan fingerprint density at radius 1 is 1.24 bits per heavy atom. The van der Waals surface area contributed by atoms with Gasteiger partial charge in [-0.2, -0.15) is 0 Å². The van der Waals surface area contributed by atoms with Crippen LogP contribution in [-0.2, 0) is 4.79 Å². The fraction of sp³-hybridized carbons (Fsp3) is 0.400. The molecule has 1 heterocycles. The molecule has 1 aromatic heterocycles. The molecule has 110 valence electrons. The first-order valence-corrected chi connectivity index (χ1v) is 7.07. The number of imidazole rings is 1. The van der Waals surface area contributed by atoms with Crippen LogP contribution in [0.1, 0.15) is 47.8 Å². The molecule has 3 rings (SSSR count). The molecule has 21 heavy (non-hydrogen) atoms. The molecule has 1 aliphatic carbocycles. The molecule has 0 radical (unpaired) electrons. The van der Waals surface area contributed by atoms with E-state index in [4.69, 9.17) is 10.8 Å². The summed E-state index contributed by atoms with van der Waals surface area (Å²) in [5, 5.41) is 9.03. The number of nitrogens with zero attached hydrogens (tertiary/aromatic N) is 1. The monoisotopic (exact) mass is 287 g/mol. The van der Waals surface area contributed by atoms with Crippen molar-refractivity contribution in [3.05, 3.63) is 29.6 Å². The quantitative estimate of drug-likeness (QED) is 0.802. The average Bonchev–Trinajstić information content (AvgIpc) is 2.90. The number of carbonyl (C=O) groups is 2. The first-order valence-electron chi connectivity index (χ1n) is 7.07. The van der Waals surface area contributed by atoms with Gasteiger partial charge < -0.3 is 15.8 Å². The molecule has 0 atom stereocenters. The SMILES string of the molecule is NC(=O)c1cccc2nc([C@H]3CC[C@@H](C(=O)O)CC3)[nH]c12. The zero-order valence-electron chi connectivity index (χ0n) is 11.5. The van der Waals surface area contributed by atoms with Gasteiger partial charge in [-0.1, -0.05) is 6.07 Å². The van der Waals surface area contributed by atoms with Crippen LogP contribution in [0.3, 0.4) is 0 Å². The van der Waals surface area contributed by atoms with Crippen LogP contribution in [0, 0.1) is 5.92 Å². The van der Waals surface area contributed by atoms with Crippen LogP contribution in [0.4, 0.5) is 0 Å². The minimum absolute atomic E-state index is 0.216. The van der Waals surface area contributed by atoms with Gasteiger partial charge in [-0.3, -0.25) is 9.59 Å². The summed E-state index contributed by atoms with van der Waals surface area (Å²) in [6.45, 7) is 0. The Morgan fingerprint density at radius 3 is 2.57 bits per heavy atom. The number of amides is 1. The molecule has 1 saturated carbocycles. The first-order chi connectivity index (χ1) is 10.1. The smallest absolute Gasteiger partial charge is 0.306 e. The summed E-state index contributed by atoms with van der Waals surface area (Å²) < 4.78 is 0. The molecule has 0 spiro atoms.